The van der Waals surface area contributed by atoms with E-state index in [1.807, 2.05) is 36.0 Å². The Kier molecular flexibility index (Phi) is 3.72. The zero-order chi connectivity index (χ0) is 12.1. The van der Waals surface area contributed by atoms with E-state index in [1.54, 1.807) is 13.3 Å². The largest absolute Gasteiger partial charge is 0.481 e. The van der Waals surface area contributed by atoms with Crippen molar-refractivity contribution in [2.24, 2.45) is 7.05 Å². The van der Waals surface area contributed by atoms with Crippen LogP contribution in [0, 0.1) is 0 Å². The van der Waals surface area contributed by atoms with Gasteiger partial charge in [-0.15, -0.1) is 0 Å². The Morgan fingerprint density at radius 1 is 1.29 bits per heavy atom. The van der Waals surface area contributed by atoms with Crippen LogP contribution in [0.25, 0.3) is 0 Å². The fraction of sp³-hybridized carbons (Fsp3) is 0.333. The first-order chi connectivity index (χ1) is 8.29. The summed E-state index contributed by atoms with van der Waals surface area (Å²) in [6.45, 7) is 1.48. The van der Waals surface area contributed by atoms with Gasteiger partial charge in [0.2, 0.25) is 5.88 Å². The molecular weight excluding hydrogens is 216 g/mol. The van der Waals surface area contributed by atoms with Crippen molar-refractivity contribution in [3.8, 4) is 5.88 Å². The molecule has 0 bridgehead atoms. The highest BCUT2D eigenvalue weighted by atomic mass is 16.5. The predicted molar refractivity (Wildman–Crippen MR) is 64.5 cm³/mol. The lowest BCUT2D eigenvalue weighted by atomic mass is 10.3. The van der Waals surface area contributed by atoms with Gasteiger partial charge in [0.25, 0.3) is 0 Å². The smallest absolute Gasteiger partial charge is 0.213 e. The number of aryl methyl sites for hydroxylation is 1. The fourth-order valence-electron chi connectivity index (χ4n) is 1.56. The van der Waals surface area contributed by atoms with E-state index in [-0.39, 0.29) is 0 Å². The molecule has 0 saturated carbocycles. The van der Waals surface area contributed by atoms with E-state index in [9.17, 15) is 0 Å². The zero-order valence-electron chi connectivity index (χ0n) is 10.1. The number of nitrogens with zero attached hydrogens (tertiary/aromatic N) is 3. The molecule has 1 N–H and O–H groups in total. The van der Waals surface area contributed by atoms with Crippen LogP contribution in [0.15, 0.2) is 30.5 Å². The van der Waals surface area contributed by atoms with Crippen molar-refractivity contribution in [2.45, 2.75) is 13.1 Å². The number of hydrogen-bond acceptors (Lipinski definition) is 4. The number of ether oxygens (including phenoxy) is 1. The van der Waals surface area contributed by atoms with Crippen molar-refractivity contribution in [1.82, 2.24) is 20.1 Å². The summed E-state index contributed by atoms with van der Waals surface area (Å²) in [4.78, 5) is 4.33. The van der Waals surface area contributed by atoms with Crippen LogP contribution >= 0.6 is 0 Å². The maximum Gasteiger partial charge on any atom is 0.213 e. The van der Waals surface area contributed by atoms with Crippen molar-refractivity contribution in [3.63, 3.8) is 0 Å². The Morgan fingerprint density at radius 3 is 2.88 bits per heavy atom. The summed E-state index contributed by atoms with van der Waals surface area (Å²) in [5, 5.41) is 7.43. The number of pyridine rings is 1. The molecule has 0 amide bonds. The van der Waals surface area contributed by atoms with Crippen molar-refractivity contribution in [3.05, 3.63) is 41.9 Å². The quantitative estimate of drug-likeness (QED) is 0.839. The van der Waals surface area contributed by atoms with E-state index in [4.69, 9.17) is 4.74 Å². The second kappa shape index (κ2) is 5.45. The summed E-state index contributed by atoms with van der Waals surface area (Å²) in [7, 11) is 3.55. The molecule has 0 aliphatic rings. The van der Waals surface area contributed by atoms with E-state index in [2.05, 4.69) is 15.4 Å². The van der Waals surface area contributed by atoms with Crippen molar-refractivity contribution in [1.29, 1.82) is 0 Å². The topological polar surface area (TPSA) is 52.0 Å². The maximum atomic E-state index is 5.07. The van der Waals surface area contributed by atoms with Gasteiger partial charge in [0.1, 0.15) is 0 Å². The van der Waals surface area contributed by atoms with E-state index < -0.39 is 0 Å². The average molecular weight is 232 g/mol. The molecule has 5 nitrogen and oxygen atoms in total. The molecule has 0 saturated heterocycles. The first-order valence-corrected chi connectivity index (χ1v) is 5.47. The second-order valence-corrected chi connectivity index (χ2v) is 3.72. The minimum Gasteiger partial charge on any atom is -0.481 e. The lowest BCUT2D eigenvalue weighted by molar-refractivity contribution is 0.395. The third kappa shape index (κ3) is 3.04. The third-order valence-electron chi connectivity index (χ3n) is 2.53. The molecule has 2 heterocycles. The van der Waals surface area contributed by atoms with Crippen molar-refractivity contribution in [2.75, 3.05) is 7.11 Å². The molecule has 0 fully saturated rings. The third-order valence-corrected chi connectivity index (χ3v) is 2.53. The van der Waals surface area contributed by atoms with Crippen molar-refractivity contribution < 1.29 is 4.74 Å². The van der Waals surface area contributed by atoms with Crippen molar-refractivity contribution >= 4 is 0 Å². The molecule has 0 spiro atoms. The van der Waals surface area contributed by atoms with Gasteiger partial charge in [0.15, 0.2) is 0 Å². The van der Waals surface area contributed by atoms with Crippen LogP contribution in [0.2, 0.25) is 0 Å². The lowest BCUT2D eigenvalue weighted by Crippen LogP contribution is -2.16. The second-order valence-electron chi connectivity index (χ2n) is 3.72. The highest BCUT2D eigenvalue weighted by Gasteiger charge is 2.00. The summed E-state index contributed by atoms with van der Waals surface area (Å²) < 4.78 is 6.93. The molecule has 0 aliphatic heterocycles. The molecule has 0 aromatic carbocycles. The van der Waals surface area contributed by atoms with Crippen LogP contribution < -0.4 is 10.1 Å². The first kappa shape index (κ1) is 11.6. The average Bonchev–Trinajstić information content (AvgIpc) is 2.76. The Hall–Kier alpha value is -1.88. The molecule has 2 aromatic rings. The summed E-state index contributed by atoms with van der Waals surface area (Å²) >= 11 is 0. The Bertz CT molecular complexity index is 481. The van der Waals surface area contributed by atoms with Crippen LogP contribution in [0.1, 0.15) is 11.4 Å². The van der Waals surface area contributed by atoms with Gasteiger partial charge in [-0.3, -0.25) is 4.68 Å². The SMILES string of the molecule is COc1cccc(CNCc2ccnn2C)n1. The fourth-order valence-corrected chi connectivity index (χ4v) is 1.56. The van der Waals surface area contributed by atoms with Gasteiger partial charge < -0.3 is 10.1 Å². The van der Waals surface area contributed by atoms with E-state index in [1.165, 1.54) is 0 Å². The molecule has 2 aromatic heterocycles. The number of aromatic nitrogens is 3. The first-order valence-electron chi connectivity index (χ1n) is 5.47. The molecule has 0 unspecified atom stereocenters. The highest BCUT2D eigenvalue weighted by molar-refractivity contribution is 5.15. The molecule has 5 heteroatoms. The van der Waals surface area contributed by atoms with Gasteiger partial charge in [0.05, 0.1) is 18.5 Å². The van der Waals surface area contributed by atoms with Crippen LogP contribution in [-0.2, 0) is 20.1 Å². The predicted octanol–water partition coefficient (Wildman–Crippen LogP) is 1.11. The van der Waals surface area contributed by atoms with Gasteiger partial charge in [-0.1, -0.05) is 6.07 Å². The summed E-state index contributed by atoms with van der Waals surface area (Å²) in [5.74, 6) is 0.643. The molecule has 90 valence electrons. The normalized spacial score (nSPS) is 10.5. The van der Waals surface area contributed by atoms with E-state index in [0.717, 1.165) is 17.9 Å². The molecule has 0 aliphatic carbocycles. The Labute approximate surface area is 100 Å². The molecule has 0 radical (unpaired) electrons. The standard InChI is InChI=1S/C12H16N4O/c1-16-11(6-7-14-16)9-13-8-10-4-3-5-12(15-10)17-2/h3-7,13H,8-9H2,1-2H3. The minimum absolute atomic E-state index is 0.643. The van der Waals surface area contributed by atoms with Crippen LogP contribution in [0.5, 0.6) is 5.88 Å². The van der Waals surface area contributed by atoms with Gasteiger partial charge in [0, 0.05) is 32.4 Å². The van der Waals surface area contributed by atoms with E-state index in [0.29, 0.717) is 12.4 Å². The van der Waals surface area contributed by atoms with Gasteiger partial charge in [-0.2, -0.15) is 5.10 Å². The van der Waals surface area contributed by atoms with Crippen LogP contribution in [-0.4, -0.2) is 21.9 Å². The van der Waals surface area contributed by atoms with Gasteiger partial charge >= 0.3 is 0 Å². The van der Waals surface area contributed by atoms with Gasteiger partial charge in [-0.25, -0.2) is 4.98 Å². The van der Waals surface area contributed by atoms with E-state index >= 15 is 0 Å². The molecule has 2 rings (SSSR count). The summed E-state index contributed by atoms with van der Waals surface area (Å²) in [5.41, 5.74) is 2.11. The van der Waals surface area contributed by atoms with Gasteiger partial charge in [-0.05, 0) is 12.1 Å². The Balaban J connectivity index is 1.87. The maximum absolute atomic E-state index is 5.07. The lowest BCUT2D eigenvalue weighted by Gasteiger charge is -2.06. The summed E-state index contributed by atoms with van der Waals surface area (Å²) in [6, 6.07) is 7.74. The number of hydrogen-bond donors (Lipinski definition) is 1. The molecule has 0 atom stereocenters. The minimum atomic E-state index is 0.643. The summed E-state index contributed by atoms with van der Waals surface area (Å²) in [6.07, 6.45) is 1.79. The number of rotatable bonds is 5. The number of nitrogens with one attached hydrogen (secondary N) is 1. The van der Waals surface area contributed by atoms with Crippen LogP contribution in [0.4, 0.5) is 0 Å². The Morgan fingerprint density at radius 2 is 2.18 bits per heavy atom. The monoisotopic (exact) mass is 232 g/mol. The molecule has 17 heavy (non-hydrogen) atoms. The highest BCUT2D eigenvalue weighted by Crippen LogP contribution is 2.06. The zero-order valence-corrected chi connectivity index (χ0v) is 10.1. The van der Waals surface area contributed by atoms with Crippen LogP contribution in [0.3, 0.4) is 0 Å². The number of methoxy groups -OCH3 is 1. The molecular formula is C12H16N4O.